The second-order valence-corrected chi connectivity index (χ2v) is 3.81. The van der Waals surface area contributed by atoms with Gasteiger partial charge in [0, 0.05) is 11.8 Å². The van der Waals surface area contributed by atoms with Crippen molar-refractivity contribution in [1.82, 2.24) is 4.98 Å². The minimum Gasteiger partial charge on any atom is -0.398 e. The molecule has 2 rings (SSSR count). The summed E-state index contributed by atoms with van der Waals surface area (Å²) in [7, 11) is 0. The molecule has 0 saturated heterocycles. The van der Waals surface area contributed by atoms with Crippen molar-refractivity contribution in [1.29, 1.82) is 0 Å². The number of rotatable bonds is 2. The average Bonchev–Trinajstić information content (AvgIpc) is 2.34. The molecule has 0 aliphatic carbocycles. The Morgan fingerprint density at radius 2 is 2.12 bits per heavy atom. The van der Waals surface area contributed by atoms with Crippen LogP contribution in [0, 0.1) is 0 Å². The van der Waals surface area contributed by atoms with E-state index in [2.05, 4.69) is 10.3 Å². The van der Waals surface area contributed by atoms with Crippen molar-refractivity contribution in [3.63, 3.8) is 0 Å². The third-order valence-corrected chi connectivity index (χ3v) is 2.50. The van der Waals surface area contributed by atoms with Crippen LogP contribution in [0.3, 0.4) is 0 Å². The van der Waals surface area contributed by atoms with Gasteiger partial charge in [-0.25, -0.2) is 4.98 Å². The van der Waals surface area contributed by atoms with E-state index in [1.165, 1.54) is 6.07 Å². The fraction of sp³-hybridized carbons (Fsp3) is 0. The van der Waals surface area contributed by atoms with Crippen LogP contribution in [0.4, 0.5) is 11.5 Å². The maximum Gasteiger partial charge on any atom is 0.256 e. The first kappa shape index (κ1) is 11.4. The summed E-state index contributed by atoms with van der Waals surface area (Å²) in [6.45, 7) is 0. The lowest BCUT2D eigenvalue weighted by molar-refractivity contribution is 0.102. The molecule has 1 aromatic heterocycles. The third-order valence-electron chi connectivity index (χ3n) is 2.17. The molecule has 1 heterocycles. The fourth-order valence-electron chi connectivity index (χ4n) is 1.29. The van der Waals surface area contributed by atoms with Gasteiger partial charge in [0.1, 0.15) is 5.82 Å². The van der Waals surface area contributed by atoms with Crippen molar-refractivity contribution >= 4 is 29.0 Å². The van der Waals surface area contributed by atoms with Gasteiger partial charge in [-0.1, -0.05) is 17.7 Å². The highest BCUT2D eigenvalue weighted by molar-refractivity contribution is 6.33. The van der Waals surface area contributed by atoms with E-state index in [9.17, 15) is 4.79 Å². The van der Waals surface area contributed by atoms with Gasteiger partial charge in [-0.05, 0) is 30.3 Å². The fourth-order valence-corrected chi connectivity index (χ4v) is 1.47. The zero-order valence-electron chi connectivity index (χ0n) is 8.85. The molecule has 1 amide bonds. The molecule has 5 heteroatoms. The highest BCUT2D eigenvalue weighted by atomic mass is 35.5. The molecule has 1 aromatic carbocycles. The van der Waals surface area contributed by atoms with E-state index < -0.39 is 0 Å². The summed E-state index contributed by atoms with van der Waals surface area (Å²) in [6.07, 6.45) is 1.60. The monoisotopic (exact) mass is 247 g/mol. The lowest BCUT2D eigenvalue weighted by atomic mass is 10.2. The molecule has 0 radical (unpaired) electrons. The van der Waals surface area contributed by atoms with Gasteiger partial charge < -0.3 is 11.1 Å². The van der Waals surface area contributed by atoms with Crippen LogP contribution in [-0.4, -0.2) is 10.9 Å². The van der Waals surface area contributed by atoms with Gasteiger partial charge in [0.05, 0.1) is 10.7 Å². The van der Waals surface area contributed by atoms with Crippen LogP contribution >= 0.6 is 11.6 Å². The minimum atomic E-state index is -0.273. The molecule has 4 nitrogen and oxygen atoms in total. The molecular formula is C12H10ClN3O. The number of amides is 1. The van der Waals surface area contributed by atoms with E-state index in [0.29, 0.717) is 22.1 Å². The van der Waals surface area contributed by atoms with Crippen LogP contribution in [0.1, 0.15) is 10.4 Å². The van der Waals surface area contributed by atoms with E-state index in [1.807, 2.05) is 0 Å². The number of nitrogens with one attached hydrogen (secondary N) is 1. The first-order valence-corrected chi connectivity index (χ1v) is 5.32. The van der Waals surface area contributed by atoms with Crippen LogP contribution in [0.2, 0.25) is 5.02 Å². The number of carbonyl (C=O) groups is 1. The Balaban J connectivity index is 2.18. The second-order valence-electron chi connectivity index (χ2n) is 3.41. The SMILES string of the molecule is Nc1ccc(C(=O)Nc2ccccn2)cc1Cl. The summed E-state index contributed by atoms with van der Waals surface area (Å²) >= 11 is 5.84. The van der Waals surface area contributed by atoms with Crippen LogP contribution in [0.5, 0.6) is 0 Å². The van der Waals surface area contributed by atoms with Crippen LogP contribution < -0.4 is 11.1 Å². The maximum absolute atomic E-state index is 11.8. The minimum absolute atomic E-state index is 0.273. The van der Waals surface area contributed by atoms with Gasteiger partial charge in [-0.15, -0.1) is 0 Å². The Morgan fingerprint density at radius 3 is 2.76 bits per heavy atom. The number of pyridine rings is 1. The first-order chi connectivity index (χ1) is 8.16. The summed E-state index contributed by atoms with van der Waals surface area (Å²) in [5.41, 5.74) is 6.45. The van der Waals surface area contributed by atoms with Gasteiger partial charge in [-0.2, -0.15) is 0 Å². The van der Waals surface area contributed by atoms with E-state index in [1.54, 1.807) is 36.5 Å². The van der Waals surface area contributed by atoms with E-state index in [0.717, 1.165) is 0 Å². The van der Waals surface area contributed by atoms with E-state index in [4.69, 9.17) is 17.3 Å². The molecule has 0 fully saturated rings. The molecule has 0 aliphatic heterocycles. The molecule has 0 spiro atoms. The highest BCUT2D eigenvalue weighted by Gasteiger charge is 2.08. The zero-order valence-corrected chi connectivity index (χ0v) is 9.61. The van der Waals surface area contributed by atoms with Crippen molar-refractivity contribution in [3.05, 3.63) is 53.2 Å². The quantitative estimate of drug-likeness (QED) is 0.802. The smallest absolute Gasteiger partial charge is 0.256 e. The van der Waals surface area contributed by atoms with E-state index >= 15 is 0 Å². The lowest BCUT2D eigenvalue weighted by Crippen LogP contribution is -2.12. The summed E-state index contributed by atoms with van der Waals surface area (Å²) in [5.74, 6) is 0.219. The Hall–Kier alpha value is -2.07. The molecule has 0 aliphatic rings. The summed E-state index contributed by atoms with van der Waals surface area (Å²) < 4.78 is 0. The highest BCUT2D eigenvalue weighted by Crippen LogP contribution is 2.20. The normalized spacial score (nSPS) is 9.94. The second kappa shape index (κ2) is 4.84. The molecule has 3 N–H and O–H groups in total. The van der Waals surface area contributed by atoms with Crippen LogP contribution in [0.25, 0.3) is 0 Å². The Morgan fingerprint density at radius 1 is 1.29 bits per heavy atom. The number of nitrogen functional groups attached to an aromatic ring is 1. The molecule has 86 valence electrons. The van der Waals surface area contributed by atoms with Gasteiger partial charge in [0.2, 0.25) is 0 Å². The summed E-state index contributed by atoms with van der Waals surface area (Å²) in [5, 5.41) is 3.02. The van der Waals surface area contributed by atoms with Gasteiger partial charge >= 0.3 is 0 Å². The number of hydrogen-bond acceptors (Lipinski definition) is 3. The maximum atomic E-state index is 11.8. The third kappa shape index (κ3) is 2.73. The molecule has 0 saturated carbocycles. The Kier molecular flexibility index (Phi) is 3.25. The Labute approximate surface area is 103 Å². The number of anilines is 2. The van der Waals surface area contributed by atoms with Crippen molar-refractivity contribution in [2.24, 2.45) is 0 Å². The predicted molar refractivity (Wildman–Crippen MR) is 68.1 cm³/mol. The topological polar surface area (TPSA) is 68.0 Å². The molecule has 0 bridgehead atoms. The standard InChI is InChI=1S/C12H10ClN3O/c13-9-7-8(4-5-10(9)14)12(17)16-11-3-1-2-6-15-11/h1-7H,14H2,(H,15,16,17). The molecule has 2 aromatic rings. The number of aromatic nitrogens is 1. The largest absolute Gasteiger partial charge is 0.398 e. The molecule has 17 heavy (non-hydrogen) atoms. The number of benzene rings is 1. The first-order valence-electron chi connectivity index (χ1n) is 4.94. The Bertz CT molecular complexity index is 543. The zero-order chi connectivity index (χ0) is 12.3. The van der Waals surface area contributed by atoms with E-state index in [-0.39, 0.29) is 5.91 Å². The number of hydrogen-bond donors (Lipinski definition) is 2. The van der Waals surface area contributed by atoms with Crippen molar-refractivity contribution < 1.29 is 4.79 Å². The number of nitrogens with two attached hydrogens (primary N) is 1. The lowest BCUT2D eigenvalue weighted by Gasteiger charge is -2.05. The molecule has 0 unspecified atom stereocenters. The summed E-state index contributed by atoms with van der Waals surface area (Å²) in [6, 6.07) is 10.00. The van der Waals surface area contributed by atoms with Crippen molar-refractivity contribution in [2.75, 3.05) is 11.1 Å². The van der Waals surface area contributed by atoms with Gasteiger partial charge in [0.15, 0.2) is 0 Å². The molecule has 0 atom stereocenters. The number of nitrogens with zero attached hydrogens (tertiary/aromatic N) is 1. The van der Waals surface area contributed by atoms with Crippen molar-refractivity contribution in [2.45, 2.75) is 0 Å². The number of carbonyl (C=O) groups excluding carboxylic acids is 1. The van der Waals surface area contributed by atoms with Crippen molar-refractivity contribution in [3.8, 4) is 0 Å². The molecular weight excluding hydrogens is 238 g/mol. The van der Waals surface area contributed by atoms with Crippen LogP contribution in [-0.2, 0) is 0 Å². The summed E-state index contributed by atoms with van der Waals surface area (Å²) in [4.78, 5) is 15.8. The van der Waals surface area contributed by atoms with Crippen LogP contribution in [0.15, 0.2) is 42.6 Å². The van der Waals surface area contributed by atoms with Gasteiger partial charge in [0.25, 0.3) is 5.91 Å². The average molecular weight is 248 g/mol. The van der Waals surface area contributed by atoms with Gasteiger partial charge in [-0.3, -0.25) is 4.79 Å². The number of halogens is 1. The predicted octanol–water partition coefficient (Wildman–Crippen LogP) is 2.57.